The topological polar surface area (TPSA) is 111 Å². The molecule has 0 unspecified atom stereocenters. The molecule has 0 saturated heterocycles. The van der Waals surface area contributed by atoms with Crippen LogP contribution in [0.15, 0.2) is 40.0 Å². The SMILES string of the molecule is CCN(CC)S(=O)(=O)c1ccc(OC(C)C)c(NC(=O)c2ccc(=O)n(C)n2)c1. The molecule has 2 rings (SSSR count). The maximum atomic E-state index is 12.8. The number of benzene rings is 1. The van der Waals surface area contributed by atoms with Crippen LogP contribution in [0.5, 0.6) is 5.75 Å². The smallest absolute Gasteiger partial charge is 0.276 e. The minimum atomic E-state index is -3.72. The molecule has 0 radical (unpaired) electrons. The summed E-state index contributed by atoms with van der Waals surface area (Å²) >= 11 is 0. The van der Waals surface area contributed by atoms with Crippen molar-refractivity contribution in [3.63, 3.8) is 0 Å². The van der Waals surface area contributed by atoms with Gasteiger partial charge in [0.2, 0.25) is 10.0 Å². The molecule has 1 aromatic carbocycles. The van der Waals surface area contributed by atoms with Crippen LogP contribution in [0.25, 0.3) is 0 Å². The molecular weight excluding hydrogens is 396 g/mol. The van der Waals surface area contributed by atoms with Gasteiger partial charge in [0.15, 0.2) is 0 Å². The molecule has 0 bridgehead atoms. The third-order valence-electron chi connectivity index (χ3n) is 4.10. The Bertz CT molecular complexity index is 1040. The molecule has 9 nitrogen and oxygen atoms in total. The number of ether oxygens (including phenoxy) is 1. The number of hydrogen-bond donors (Lipinski definition) is 1. The van der Waals surface area contributed by atoms with Crippen molar-refractivity contribution in [3.8, 4) is 5.75 Å². The van der Waals surface area contributed by atoms with Gasteiger partial charge in [0, 0.05) is 26.2 Å². The second-order valence-corrected chi connectivity index (χ2v) is 8.49. The summed E-state index contributed by atoms with van der Waals surface area (Å²) in [6, 6.07) is 6.86. The second kappa shape index (κ2) is 9.19. The van der Waals surface area contributed by atoms with Crippen molar-refractivity contribution in [1.29, 1.82) is 0 Å². The van der Waals surface area contributed by atoms with Crippen LogP contribution in [0.1, 0.15) is 38.2 Å². The largest absolute Gasteiger partial charge is 0.489 e. The summed E-state index contributed by atoms with van der Waals surface area (Å²) in [5, 5.41) is 6.55. The maximum Gasteiger partial charge on any atom is 0.276 e. The van der Waals surface area contributed by atoms with Gasteiger partial charge in [0.25, 0.3) is 11.5 Å². The van der Waals surface area contributed by atoms with Crippen molar-refractivity contribution < 1.29 is 17.9 Å². The fourth-order valence-corrected chi connectivity index (χ4v) is 4.13. The van der Waals surface area contributed by atoms with Gasteiger partial charge in [-0.25, -0.2) is 13.1 Å². The minimum absolute atomic E-state index is 0.0135. The Kier molecular flexibility index (Phi) is 7.15. The number of carbonyl (C=O) groups excluding carboxylic acids is 1. The second-order valence-electron chi connectivity index (χ2n) is 6.55. The van der Waals surface area contributed by atoms with Crippen LogP contribution in [0, 0.1) is 0 Å². The summed E-state index contributed by atoms with van der Waals surface area (Å²) < 4.78 is 33.8. The van der Waals surface area contributed by atoms with Crippen molar-refractivity contribution in [2.75, 3.05) is 18.4 Å². The van der Waals surface area contributed by atoms with Gasteiger partial charge in [-0.15, -0.1) is 0 Å². The number of nitrogens with zero attached hydrogens (tertiary/aromatic N) is 3. The Hall–Kier alpha value is -2.72. The third-order valence-corrected chi connectivity index (χ3v) is 6.14. The van der Waals surface area contributed by atoms with Crippen molar-refractivity contribution in [1.82, 2.24) is 14.1 Å². The average molecular weight is 423 g/mol. The number of amides is 1. The lowest BCUT2D eigenvalue weighted by atomic mass is 10.2. The lowest BCUT2D eigenvalue weighted by Crippen LogP contribution is -2.30. The Morgan fingerprint density at radius 3 is 2.41 bits per heavy atom. The Labute approximate surface area is 170 Å². The maximum absolute atomic E-state index is 12.8. The average Bonchev–Trinajstić information content (AvgIpc) is 2.65. The van der Waals surface area contributed by atoms with E-state index in [1.165, 1.54) is 41.7 Å². The highest BCUT2D eigenvalue weighted by molar-refractivity contribution is 7.89. The van der Waals surface area contributed by atoms with Gasteiger partial charge in [0.1, 0.15) is 11.4 Å². The van der Waals surface area contributed by atoms with E-state index in [0.717, 1.165) is 4.68 Å². The minimum Gasteiger partial charge on any atom is -0.489 e. The van der Waals surface area contributed by atoms with E-state index in [1.54, 1.807) is 13.8 Å². The number of carbonyl (C=O) groups is 1. The van der Waals surface area contributed by atoms with Crippen molar-refractivity contribution >= 4 is 21.6 Å². The summed E-state index contributed by atoms with van der Waals surface area (Å²) in [4.78, 5) is 24.1. The molecule has 0 spiro atoms. The van der Waals surface area contributed by atoms with Crippen molar-refractivity contribution in [2.45, 2.75) is 38.7 Å². The van der Waals surface area contributed by atoms with Gasteiger partial charge >= 0.3 is 0 Å². The Balaban J connectivity index is 2.47. The number of nitrogens with one attached hydrogen (secondary N) is 1. The first-order chi connectivity index (χ1) is 13.6. The summed E-state index contributed by atoms with van der Waals surface area (Å²) in [6.07, 6.45) is -0.188. The molecule has 1 amide bonds. The number of anilines is 1. The molecule has 0 aliphatic heterocycles. The molecule has 29 heavy (non-hydrogen) atoms. The normalized spacial score (nSPS) is 11.7. The van der Waals surface area contributed by atoms with Gasteiger partial charge in [-0.05, 0) is 38.1 Å². The molecule has 0 fully saturated rings. The molecule has 0 atom stereocenters. The van der Waals surface area contributed by atoms with E-state index in [-0.39, 0.29) is 27.9 Å². The molecule has 158 valence electrons. The van der Waals surface area contributed by atoms with E-state index in [1.807, 2.05) is 13.8 Å². The van der Waals surface area contributed by atoms with E-state index >= 15 is 0 Å². The van der Waals surface area contributed by atoms with Gasteiger partial charge in [-0.3, -0.25) is 9.59 Å². The lowest BCUT2D eigenvalue weighted by molar-refractivity contribution is 0.101. The van der Waals surface area contributed by atoms with Crippen LogP contribution in [-0.4, -0.2) is 47.6 Å². The zero-order valence-corrected chi connectivity index (χ0v) is 18.0. The van der Waals surface area contributed by atoms with Crippen molar-refractivity contribution in [2.24, 2.45) is 7.05 Å². The molecular formula is C19H26N4O5S. The summed E-state index contributed by atoms with van der Waals surface area (Å²) in [7, 11) is -2.28. The Morgan fingerprint density at radius 1 is 1.21 bits per heavy atom. The van der Waals surface area contributed by atoms with E-state index in [9.17, 15) is 18.0 Å². The molecule has 1 aromatic heterocycles. The highest BCUT2D eigenvalue weighted by atomic mass is 32.2. The molecule has 10 heteroatoms. The first-order valence-corrected chi connectivity index (χ1v) is 10.7. The summed E-state index contributed by atoms with van der Waals surface area (Å²) in [6.45, 7) is 7.80. The van der Waals surface area contributed by atoms with Crippen LogP contribution in [0.2, 0.25) is 0 Å². The van der Waals surface area contributed by atoms with E-state index in [2.05, 4.69) is 10.4 Å². The van der Waals surface area contributed by atoms with Crippen LogP contribution in [0.4, 0.5) is 5.69 Å². The van der Waals surface area contributed by atoms with Crippen LogP contribution >= 0.6 is 0 Å². The van der Waals surface area contributed by atoms with Gasteiger partial charge in [-0.1, -0.05) is 13.8 Å². The van der Waals surface area contributed by atoms with Crippen LogP contribution in [-0.2, 0) is 17.1 Å². The molecule has 1 heterocycles. The van der Waals surface area contributed by atoms with Crippen LogP contribution in [0.3, 0.4) is 0 Å². The molecule has 0 aliphatic rings. The molecule has 0 saturated carbocycles. The lowest BCUT2D eigenvalue weighted by Gasteiger charge is -2.20. The van der Waals surface area contributed by atoms with Gasteiger partial charge in [-0.2, -0.15) is 9.40 Å². The number of sulfonamides is 1. The third kappa shape index (κ3) is 5.21. The quantitative estimate of drug-likeness (QED) is 0.695. The first kappa shape index (κ1) is 22.6. The number of aryl methyl sites for hydroxylation is 1. The van der Waals surface area contributed by atoms with Crippen LogP contribution < -0.4 is 15.6 Å². The van der Waals surface area contributed by atoms with E-state index in [4.69, 9.17) is 4.74 Å². The molecule has 2 aromatic rings. The number of rotatable bonds is 8. The first-order valence-electron chi connectivity index (χ1n) is 9.26. The summed E-state index contributed by atoms with van der Waals surface area (Å²) in [5.74, 6) is -0.261. The van der Waals surface area contributed by atoms with E-state index in [0.29, 0.717) is 18.8 Å². The monoisotopic (exact) mass is 422 g/mol. The predicted molar refractivity (Wildman–Crippen MR) is 110 cm³/mol. The zero-order valence-electron chi connectivity index (χ0n) is 17.2. The fraction of sp³-hybridized carbons (Fsp3) is 0.421. The highest BCUT2D eigenvalue weighted by Gasteiger charge is 2.24. The van der Waals surface area contributed by atoms with Crippen molar-refractivity contribution in [3.05, 3.63) is 46.4 Å². The highest BCUT2D eigenvalue weighted by Crippen LogP contribution is 2.30. The van der Waals surface area contributed by atoms with Gasteiger partial charge in [0.05, 0.1) is 16.7 Å². The standard InChI is InChI=1S/C19H26N4O5S/c1-6-23(7-2)29(26,27)14-8-10-17(28-13(3)4)16(12-14)20-19(25)15-9-11-18(24)22(5)21-15/h8-13H,6-7H2,1-5H3,(H,20,25). The van der Waals surface area contributed by atoms with E-state index < -0.39 is 15.9 Å². The van der Waals surface area contributed by atoms with Gasteiger partial charge < -0.3 is 10.1 Å². The fourth-order valence-electron chi connectivity index (χ4n) is 2.65. The predicted octanol–water partition coefficient (Wildman–Crippen LogP) is 1.85. The molecule has 1 N–H and O–H groups in total. The number of aromatic nitrogens is 2. The zero-order chi connectivity index (χ0) is 21.8. The Morgan fingerprint density at radius 2 is 1.86 bits per heavy atom. The number of hydrogen-bond acceptors (Lipinski definition) is 6. The summed E-state index contributed by atoms with van der Waals surface area (Å²) in [5.41, 5.74) is -0.134. The molecule has 0 aliphatic carbocycles.